The van der Waals surface area contributed by atoms with E-state index in [-0.39, 0.29) is 5.97 Å². The number of aromatic nitrogens is 2. The van der Waals surface area contributed by atoms with Crippen molar-refractivity contribution in [1.29, 1.82) is 0 Å². The molecule has 0 spiro atoms. The summed E-state index contributed by atoms with van der Waals surface area (Å²) in [6.07, 6.45) is 14.5. The lowest BCUT2D eigenvalue weighted by molar-refractivity contribution is 0.0600. The molecule has 0 fully saturated rings. The fourth-order valence-electron chi connectivity index (χ4n) is 4.24. The molecule has 1 aromatic heterocycles. The maximum atomic E-state index is 12.4. The summed E-state index contributed by atoms with van der Waals surface area (Å²) in [5.74, 6) is 0.883. The average molecular weight is 500 g/mol. The first-order chi connectivity index (χ1) is 17.9. The van der Waals surface area contributed by atoms with Crippen LogP contribution in [0.3, 0.4) is 0 Å². The van der Waals surface area contributed by atoms with Gasteiger partial charge in [0, 0.05) is 13.0 Å². The number of carbonyl (C=O) groups is 1. The van der Waals surface area contributed by atoms with E-state index >= 15 is 0 Å². The number of allylic oxidation sites excluding steroid dienone is 9. The first-order valence-corrected chi connectivity index (χ1v) is 12.6. The van der Waals surface area contributed by atoms with Crippen LogP contribution in [-0.4, -0.2) is 36.3 Å². The van der Waals surface area contributed by atoms with Crippen molar-refractivity contribution in [2.24, 2.45) is 0 Å². The fourth-order valence-corrected chi connectivity index (χ4v) is 4.24. The highest BCUT2D eigenvalue weighted by Gasteiger charge is 2.17. The first kappa shape index (κ1) is 27.8. The van der Waals surface area contributed by atoms with Gasteiger partial charge < -0.3 is 14.6 Å². The number of carbonyl (C=O) groups excluding carboxylic acids is 1. The molecule has 1 aliphatic rings. The smallest absolute Gasteiger partial charge is 0.338 e. The van der Waals surface area contributed by atoms with Crippen molar-refractivity contribution in [3.63, 3.8) is 0 Å². The Bertz CT molecular complexity index is 1290. The molecule has 1 aromatic carbocycles. The van der Waals surface area contributed by atoms with E-state index in [4.69, 9.17) is 9.26 Å². The zero-order chi connectivity index (χ0) is 26.8. The van der Waals surface area contributed by atoms with Crippen molar-refractivity contribution in [2.75, 3.05) is 20.2 Å². The quantitative estimate of drug-likeness (QED) is 0.288. The molecule has 0 atom stereocenters. The van der Waals surface area contributed by atoms with Crippen LogP contribution in [0.2, 0.25) is 0 Å². The molecule has 194 valence electrons. The van der Waals surface area contributed by atoms with Gasteiger partial charge in [-0.2, -0.15) is 4.98 Å². The summed E-state index contributed by atoms with van der Waals surface area (Å²) in [4.78, 5) is 17.0. The molecule has 0 amide bonds. The maximum absolute atomic E-state index is 12.4. The van der Waals surface area contributed by atoms with E-state index in [2.05, 4.69) is 54.1 Å². The number of benzene rings is 1. The van der Waals surface area contributed by atoms with Gasteiger partial charge in [0.25, 0.3) is 0 Å². The van der Waals surface area contributed by atoms with E-state index in [0.717, 1.165) is 53.8 Å². The Hall–Kier alpha value is -3.77. The third kappa shape index (κ3) is 7.37. The minimum absolute atomic E-state index is 0.320. The Labute approximate surface area is 220 Å². The summed E-state index contributed by atoms with van der Waals surface area (Å²) in [5, 5.41) is 7.49. The van der Waals surface area contributed by atoms with Gasteiger partial charge in [-0.3, -0.25) is 0 Å². The second kappa shape index (κ2) is 13.5. The number of esters is 1. The number of nitrogens with one attached hydrogen (secondary N) is 1. The van der Waals surface area contributed by atoms with Gasteiger partial charge in [-0.25, -0.2) is 4.79 Å². The average Bonchev–Trinajstić information content (AvgIpc) is 3.41. The first-order valence-electron chi connectivity index (χ1n) is 12.6. The van der Waals surface area contributed by atoms with Crippen LogP contribution in [0, 0.1) is 0 Å². The van der Waals surface area contributed by atoms with Crippen LogP contribution in [0.5, 0.6) is 0 Å². The van der Waals surface area contributed by atoms with Crippen LogP contribution < -0.4 is 5.32 Å². The Balaban J connectivity index is 1.77. The van der Waals surface area contributed by atoms with Crippen LogP contribution in [-0.2, 0) is 11.2 Å². The van der Waals surface area contributed by atoms with Gasteiger partial charge in [0.1, 0.15) is 0 Å². The molecule has 2 heterocycles. The van der Waals surface area contributed by atoms with Gasteiger partial charge in [0.15, 0.2) is 5.82 Å². The fraction of sp³-hybridized carbons (Fsp3) is 0.323. The Morgan fingerprint density at radius 1 is 1.19 bits per heavy atom. The van der Waals surface area contributed by atoms with Gasteiger partial charge in [-0.05, 0) is 98.2 Å². The number of methoxy groups -OCH3 is 1. The number of hydrogen-bond acceptors (Lipinski definition) is 6. The topological polar surface area (TPSA) is 77.2 Å². The van der Waals surface area contributed by atoms with Gasteiger partial charge in [-0.15, -0.1) is 0 Å². The molecular weight excluding hydrogens is 462 g/mol. The summed E-state index contributed by atoms with van der Waals surface area (Å²) in [6, 6.07) is 5.89. The molecule has 0 unspecified atom stereocenters. The van der Waals surface area contributed by atoms with E-state index in [0.29, 0.717) is 23.7 Å². The van der Waals surface area contributed by atoms with Gasteiger partial charge in [0.05, 0.1) is 12.7 Å². The van der Waals surface area contributed by atoms with E-state index in [1.807, 2.05) is 44.2 Å². The molecule has 2 aromatic rings. The molecule has 37 heavy (non-hydrogen) atoms. The third-order valence-electron chi connectivity index (χ3n) is 6.53. The Kier molecular flexibility index (Phi) is 10.2. The second-order valence-corrected chi connectivity index (χ2v) is 9.05. The highest BCUT2D eigenvalue weighted by molar-refractivity contribution is 5.96. The van der Waals surface area contributed by atoms with Crippen LogP contribution in [0.4, 0.5) is 0 Å². The molecule has 0 radical (unpaired) electrons. The predicted octanol–water partition coefficient (Wildman–Crippen LogP) is 6.75. The molecule has 3 rings (SSSR count). The zero-order valence-electron chi connectivity index (χ0n) is 22.6. The summed E-state index contributed by atoms with van der Waals surface area (Å²) in [6.45, 7) is 13.6. The highest BCUT2D eigenvalue weighted by Crippen LogP contribution is 2.28. The van der Waals surface area contributed by atoms with Crippen LogP contribution in [0.15, 0.2) is 76.9 Å². The molecule has 1 N–H and O–H groups in total. The highest BCUT2D eigenvalue weighted by atomic mass is 16.5. The SMILES string of the molecule is C=C/C=C(C)\C(=C/C)CCc1nc(/C(C)=C/C=C(\C)c2ccc(C(=O)OC)c(C3=CCNCC3)c2)no1. The Morgan fingerprint density at radius 2 is 1.97 bits per heavy atom. The van der Waals surface area contributed by atoms with Crippen LogP contribution >= 0.6 is 0 Å². The predicted molar refractivity (Wildman–Crippen MR) is 151 cm³/mol. The number of aryl methyl sites for hydroxylation is 1. The molecule has 0 bridgehead atoms. The second-order valence-electron chi connectivity index (χ2n) is 9.05. The maximum Gasteiger partial charge on any atom is 0.338 e. The largest absolute Gasteiger partial charge is 0.465 e. The number of hydrogen-bond donors (Lipinski definition) is 1. The lowest BCUT2D eigenvalue weighted by Gasteiger charge is -2.18. The molecule has 1 aliphatic heterocycles. The lowest BCUT2D eigenvalue weighted by atomic mass is 9.92. The number of nitrogens with zero attached hydrogens (tertiary/aromatic N) is 2. The van der Waals surface area contributed by atoms with E-state index in [1.54, 1.807) is 6.08 Å². The van der Waals surface area contributed by atoms with Crippen LogP contribution in [0.25, 0.3) is 16.7 Å². The normalized spacial score (nSPS) is 15.4. The van der Waals surface area contributed by atoms with Crippen molar-refractivity contribution < 1.29 is 14.1 Å². The summed E-state index contributed by atoms with van der Waals surface area (Å²) in [7, 11) is 1.42. The summed E-state index contributed by atoms with van der Waals surface area (Å²) in [5.41, 5.74) is 8.14. The monoisotopic (exact) mass is 499 g/mol. The molecule has 6 heteroatoms. The van der Waals surface area contributed by atoms with E-state index < -0.39 is 0 Å². The molecular formula is C31H37N3O3. The van der Waals surface area contributed by atoms with Crippen molar-refractivity contribution in [2.45, 2.75) is 47.0 Å². The molecule has 6 nitrogen and oxygen atoms in total. The van der Waals surface area contributed by atoms with Gasteiger partial charge in [-0.1, -0.05) is 54.3 Å². The van der Waals surface area contributed by atoms with Crippen molar-refractivity contribution in [1.82, 2.24) is 15.5 Å². The third-order valence-corrected chi connectivity index (χ3v) is 6.53. The minimum atomic E-state index is -0.320. The minimum Gasteiger partial charge on any atom is -0.465 e. The van der Waals surface area contributed by atoms with Gasteiger partial charge in [0.2, 0.25) is 5.89 Å². The van der Waals surface area contributed by atoms with Crippen LogP contribution in [0.1, 0.15) is 73.7 Å². The Morgan fingerprint density at radius 3 is 2.65 bits per heavy atom. The molecule has 0 saturated carbocycles. The molecule has 0 aliphatic carbocycles. The van der Waals surface area contributed by atoms with Gasteiger partial charge >= 0.3 is 5.97 Å². The van der Waals surface area contributed by atoms with E-state index in [9.17, 15) is 4.79 Å². The lowest BCUT2D eigenvalue weighted by Crippen LogP contribution is -2.21. The standard InChI is InChI=1S/C31H37N3O3/c1-7-9-21(3)24(8-2)13-15-29-33-30(34-37-29)23(5)11-10-22(4)26-12-14-27(31(35)36-6)28(20-26)25-16-18-32-19-17-25/h7-12,14,16,20,32H,1,13,15,17-19H2,2-6H3/b21-9-,22-10+,23-11+,24-8-. The number of ether oxygens (including phenoxy) is 1. The molecule has 0 saturated heterocycles. The summed E-state index contributed by atoms with van der Waals surface area (Å²) < 4.78 is 10.5. The van der Waals surface area contributed by atoms with Crippen molar-refractivity contribution in [3.05, 3.63) is 101 Å². The van der Waals surface area contributed by atoms with E-state index in [1.165, 1.54) is 18.3 Å². The zero-order valence-corrected chi connectivity index (χ0v) is 22.6. The number of rotatable bonds is 10. The summed E-state index contributed by atoms with van der Waals surface area (Å²) >= 11 is 0. The van der Waals surface area contributed by atoms with Crippen molar-refractivity contribution >= 4 is 22.7 Å². The van der Waals surface area contributed by atoms with Crippen molar-refractivity contribution in [3.8, 4) is 0 Å².